The minimum Gasteiger partial charge on any atom is -0.492 e. The van der Waals surface area contributed by atoms with Gasteiger partial charge in [0.1, 0.15) is 11.8 Å². The molecule has 0 aliphatic carbocycles. The molecule has 1 aliphatic rings. The first kappa shape index (κ1) is 23.0. The first-order valence-corrected chi connectivity index (χ1v) is 10.6. The molecule has 168 valence electrons. The zero-order valence-electron chi connectivity index (χ0n) is 18.1. The van der Waals surface area contributed by atoms with Gasteiger partial charge in [0.2, 0.25) is 0 Å². The average Bonchev–Trinajstić information content (AvgIpc) is 3.05. The van der Waals surface area contributed by atoms with E-state index in [4.69, 9.17) is 9.47 Å². The number of hydrogen-bond acceptors (Lipinski definition) is 6. The Kier molecular flexibility index (Phi) is 7.59. The fraction of sp³-hybridized carbons (Fsp3) is 0.333. The highest BCUT2D eigenvalue weighted by molar-refractivity contribution is 6.22. The molecule has 1 N–H and O–H groups in total. The van der Waals surface area contributed by atoms with E-state index in [1.807, 2.05) is 13.8 Å². The number of unbranched alkanes of at least 4 members (excludes halogenated alkanes) is 1. The maximum absolute atomic E-state index is 12.8. The standard InChI is InChI=1S/C24H26N2O6/c1-3-5-13-19(26-22(28)16-10-6-7-11-17(16)23(26)29)24(30)32-15-21(27)25-18-12-8-9-14-20(18)31-4-2/h6-12,14,19H,3-5,13,15H2,1-2H3,(H,25,27)/t19-/m1/s1. The highest BCUT2D eigenvalue weighted by Crippen LogP contribution is 2.27. The van der Waals surface area contributed by atoms with Gasteiger partial charge >= 0.3 is 5.97 Å². The van der Waals surface area contributed by atoms with Crippen LogP contribution in [-0.2, 0) is 14.3 Å². The molecule has 0 spiro atoms. The molecule has 8 heteroatoms. The van der Waals surface area contributed by atoms with E-state index in [0.717, 1.165) is 11.3 Å². The van der Waals surface area contributed by atoms with E-state index in [2.05, 4.69) is 5.32 Å². The van der Waals surface area contributed by atoms with Crippen LogP contribution in [0, 0.1) is 0 Å². The smallest absolute Gasteiger partial charge is 0.329 e. The summed E-state index contributed by atoms with van der Waals surface area (Å²) < 4.78 is 10.7. The molecule has 0 saturated carbocycles. The molecule has 2 aromatic carbocycles. The first-order chi connectivity index (χ1) is 15.5. The van der Waals surface area contributed by atoms with Gasteiger partial charge < -0.3 is 14.8 Å². The third kappa shape index (κ3) is 4.96. The van der Waals surface area contributed by atoms with Crippen molar-refractivity contribution in [3.63, 3.8) is 0 Å². The van der Waals surface area contributed by atoms with Crippen molar-refractivity contribution in [2.24, 2.45) is 0 Å². The van der Waals surface area contributed by atoms with Gasteiger partial charge in [-0.15, -0.1) is 0 Å². The summed E-state index contributed by atoms with van der Waals surface area (Å²) in [5, 5.41) is 2.65. The summed E-state index contributed by atoms with van der Waals surface area (Å²) in [7, 11) is 0. The van der Waals surface area contributed by atoms with Crippen LogP contribution in [-0.4, -0.2) is 47.8 Å². The molecule has 1 aliphatic heterocycles. The van der Waals surface area contributed by atoms with Crippen LogP contribution in [0.2, 0.25) is 0 Å². The number of carbonyl (C=O) groups is 4. The largest absolute Gasteiger partial charge is 0.492 e. The van der Waals surface area contributed by atoms with E-state index in [9.17, 15) is 19.2 Å². The minimum absolute atomic E-state index is 0.260. The van der Waals surface area contributed by atoms with Gasteiger partial charge in [0, 0.05) is 0 Å². The second-order valence-corrected chi connectivity index (χ2v) is 7.27. The molecular formula is C24H26N2O6. The molecule has 2 aromatic rings. The molecule has 0 radical (unpaired) electrons. The van der Waals surface area contributed by atoms with E-state index in [1.54, 1.807) is 48.5 Å². The molecule has 1 heterocycles. The van der Waals surface area contributed by atoms with Crippen LogP contribution in [0.5, 0.6) is 5.75 Å². The highest BCUT2D eigenvalue weighted by Gasteiger charge is 2.43. The number of rotatable bonds is 10. The minimum atomic E-state index is -1.09. The predicted molar refractivity (Wildman–Crippen MR) is 117 cm³/mol. The molecule has 1 atom stereocenters. The highest BCUT2D eigenvalue weighted by atomic mass is 16.5. The summed E-state index contributed by atoms with van der Waals surface area (Å²) in [6, 6.07) is 12.3. The van der Waals surface area contributed by atoms with Crippen molar-refractivity contribution in [3.05, 3.63) is 59.7 Å². The van der Waals surface area contributed by atoms with E-state index in [0.29, 0.717) is 24.5 Å². The van der Waals surface area contributed by atoms with E-state index in [-0.39, 0.29) is 17.5 Å². The second kappa shape index (κ2) is 10.6. The number of fused-ring (bicyclic) bond motifs is 1. The van der Waals surface area contributed by atoms with Crippen molar-refractivity contribution in [3.8, 4) is 5.75 Å². The van der Waals surface area contributed by atoms with Gasteiger partial charge in [-0.2, -0.15) is 0 Å². The van der Waals surface area contributed by atoms with Crippen LogP contribution >= 0.6 is 0 Å². The van der Waals surface area contributed by atoms with Crippen LogP contribution in [0.15, 0.2) is 48.5 Å². The molecule has 3 amide bonds. The Morgan fingerprint density at radius 2 is 1.59 bits per heavy atom. The summed E-state index contributed by atoms with van der Waals surface area (Å²) in [6.45, 7) is 3.65. The number of para-hydroxylation sites is 2. The fourth-order valence-corrected chi connectivity index (χ4v) is 3.51. The van der Waals surface area contributed by atoms with Crippen molar-refractivity contribution in [2.75, 3.05) is 18.5 Å². The normalized spacial score (nSPS) is 13.5. The molecular weight excluding hydrogens is 412 g/mol. The molecule has 0 saturated heterocycles. The predicted octanol–water partition coefficient (Wildman–Crippen LogP) is 3.42. The molecule has 8 nitrogen and oxygen atoms in total. The van der Waals surface area contributed by atoms with Gasteiger partial charge in [0.15, 0.2) is 6.61 Å². The van der Waals surface area contributed by atoms with Crippen molar-refractivity contribution in [1.82, 2.24) is 4.90 Å². The number of carbonyl (C=O) groups excluding carboxylic acids is 4. The van der Waals surface area contributed by atoms with Gasteiger partial charge in [-0.1, -0.05) is 44.0 Å². The SMILES string of the molecule is CCCC[C@H](C(=O)OCC(=O)Nc1ccccc1OCC)N1C(=O)c2ccccc2C1=O. The van der Waals surface area contributed by atoms with Gasteiger partial charge in [0.25, 0.3) is 17.7 Å². The Morgan fingerprint density at radius 3 is 2.22 bits per heavy atom. The zero-order valence-corrected chi connectivity index (χ0v) is 18.1. The van der Waals surface area contributed by atoms with E-state index in [1.165, 1.54) is 0 Å². The lowest BCUT2D eigenvalue weighted by atomic mass is 10.1. The number of esters is 1. The van der Waals surface area contributed by atoms with Crippen LogP contribution in [0.3, 0.4) is 0 Å². The third-order valence-corrected chi connectivity index (χ3v) is 5.05. The Hall–Kier alpha value is -3.68. The van der Waals surface area contributed by atoms with Crippen molar-refractivity contribution < 1.29 is 28.7 Å². The Balaban J connectivity index is 1.68. The molecule has 3 rings (SSSR count). The number of nitrogens with one attached hydrogen (secondary N) is 1. The van der Waals surface area contributed by atoms with Crippen LogP contribution in [0.4, 0.5) is 5.69 Å². The number of nitrogens with zero attached hydrogens (tertiary/aromatic N) is 1. The molecule has 0 bridgehead atoms. The van der Waals surface area contributed by atoms with E-state index >= 15 is 0 Å². The number of hydrogen-bond donors (Lipinski definition) is 1. The number of anilines is 1. The summed E-state index contributed by atoms with van der Waals surface area (Å²) in [6.07, 6.45) is 1.64. The summed E-state index contributed by atoms with van der Waals surface area (Å²) in [4.78, 5) is 51.7. The Bertz CT molecular complexity index is 984. The quantitative estimate of drug-likeness (QED) is 0.450. The number of amides is 3. The Morgan fingerprint density at radius 1 is 0.969 bits per heavy atom. The van der Waals surface area contributed by atoms with Crippen LogP contribution in [0.25, 0.3) is 0 Å². The summed E-state index contributed by atoms with van der Waals surface area (Å²) >= 11 is 0. The second-order valence-electron chi connectivity index (χ2n) is 7.27. The van der Waals surface area contributed by atoms with Gasteiger partial charge in [-0.3, -0.25) is 19.3 Å². The summed E-state index contributed by atoms with van der Waals surface area (Å²) in [5.41, 5.74) is 0.979. The number of ether oxygens (including phenoxy) is 2. The maximum atomic E-state index is 12.8. The number of imide groups is 1. The fourth-order valence-electron chi connectivity index (χ4n) is 3.51. The molecule has 32 heavy (non-hydrogen) atoms. The molecule has 0 unspecified atom stereocenters. The molecule has 0 aromatic heterocycles. The number of benzene rings is 2. The van der Waals surface area contributed by atoms with Crippen molar-refractivity contribution >= 4 is 29.4 Å². The average molecular weight is 438 g/mol. The van der Waals surface area contributed by atoms with Crippen LogP contribution in [0.1, 0.15) is 53.8 Å². The van der Waals surface area contributed by atoms with E-state index < -0.39 is 36.3 Å². The monoisotopic (exact) mass is 438 g/mol. The van der Waals surface area contributed by atoms with Gasteiger partial charge in [0.05, 0.1) is 23.4 Å². The lowest BCUT2D eigenvalue weighted by Crippen LogP contribution is -2.46. The topological polar surface area (TPSA) is 102 Å². The van der Waals surface area contributed by atoms with Crippen molar-refractivity contribution in [1.29, 1.82) is 0 Å². The zero-order chi connectivity index (χ0) is 23.1. The van der Waals surface area contributed by atoms with Gasteiger partial charge in [-0.25, -0.2) is 4.79 Å². The van der Waals surface area contributed by atoms with Crippen molar-refractivity contribution in [2.45, 2.75) is 39.2 Å². The lowest BCUT2D eigenvalue weighted by Gasteiger charge is -2.24. The lowest BCUT2D eigenvalue weighted by molar-refractivity contribution is -0.151. The summed E-state index contributed by atoms with van der Waals surface area (Å²) in [5.74, 6) is -1.90. The maximum Gasteiger partial charge on any atom is 0.329 e. The third-order valence-electron chi connectivity index (χ3n) is 5.05. The first-order valence-electron chi connectivity index (χ1n) is 10.6. The van der Waals surface area contributed by atoms with Crippen LogP contribution < -0.4 is 10.1 Å². The van der Waals surface area contributed by atoms with Gasteiger partial charge in [-0.05, 0) is 37.6 Å². The Labute approximate surface area is 186 Å². The molecule has 0 fully saturated rings.